The molecule has 0 heterocycles. The second kappa shape index (κ2) is 4.55. The zero-order valence-electron chi connectivity index (χ0n) is 7.24. The van der Waals surface area contributed by atoms with E-state index in [9.17, 15) is 13.2 Å². The summed E-state index contributed by atoms with van der Waals surface area (Å²) in [6.45, 7) is -1.03. The minimum absolute atomic E-state index is 0.293. The van der Waals surface area contributed by atoms with E-state index in [0.717, 1.165) is 5.56 Å². The van der Waals surface area contributed by atoms with Crippen LogP contribution in [0.2, 0.25) is 0 Å². The molecule has 0 aliphatic rings. The summed E-state index contributed by atoms with van der Waals surface area (Å²) in [6, 6.07) is 6.59. The Bertz CT molecular complexity index is 298. The molecular weight excluding hydrogens is 215 g/mol. The molecular formula is C9H9ClF3N. The van der Waals surface area contributed by atoms with Crippen molar-refractivity contribution in [1.29, 1.82) is 0 Å². The third-order valence-electron chi connectivity index (χ3n) is 1.57. The molecule has 0 aromatic heterocycles. The highest BCUT2D eigenvalue weighted by atomic mass is 35.5. The Morgan fingerprint density at radius 2 is 2.00 bits per heavy atom. The maximum absolute atomic E-state index is 11.8. The third-order valence-corrected chi connectivity index (χ3v) is 1.88. The van der Waals surface area contributed by atoms with E-state index in [1.165, 1.54) is 0 Å². The summed E-state index contributed by atoms with van der Waals surface area (Å²) in [5.74, 6) is 0.293. The van der Waals surface area contributed by atoms with Gasteiger partial charge in [0.05, 0.1) is 0 Å². The molecule has 0 amide bonds. The van der Waals surface area contributed by atoms with Crippen LogP contribution in [-0.4, -0.2) is 12.7 Å². The second-order valence-corrected chi connectivity index (χ2v) is 3.07. The lowest BCUT2D eigenvalue weighted by Gasteiger charge is -2.09. The summed E-state index contributed by atoms with van der Waals surface area (Å²) in [5, 5.41) is 2.28. The summed E-state index contributed by atoms with van der Waals surface area (Å²) >= 11 is 5.54. The van der Waals surface area contributed by atoms with Crippen LogP contribution >= 0.6 is 11.6 Å². The quantitative estimate of drug-likeness (QED) is 0.775. The van der Waals surface area contributed by atoms with Gasteiger partial charge < -0.3 is 5.32 Å². The van der Waals surface area contributed by atoms with E-state index in [1.807, 2.05) is 0 Å². The van der Waals surface area contributed by atoms with E-state index in [2.05, 4.69) is 5.32 Å². The summed E-state index contributed by atoms with van der Waals surface area (Å²) in [7, 11) is 0. The van der Waals surface area contributed by atoms with Gasteiger partial charge in [0.25, 0.3) is 0 Å². The van der Waals surface area contributed by atoms with Gasteiger partial charge in [-0.05, 0) is 17.7 Å². The minimum Gasteiger partial charge on any atom is -0.376 e. The molecule has 1 rings (SSSR count). The fourth-order valence-electron chi connectivity index (χ4n) is 0.967. The second-order valence-electron chi connectivity index (χ2n) is 2.80. The van der Waals surface area contributed by atoms with Crippen molar-refractivity contribution in [2.45, 2.75) is 12.1 Å². The topological polar surface area (TPSA) is 12.0 Å². The molecule has 0 aliphatic carbocycles. The van der Waals surface area contributed by atoms with Crippen LogP contribution in [0.15, 0.2) is 24.3 Å². The summed E-state index contributed by atoms with van der Waals surface area (Å²) < 4.78 is 35.5. The van der Waals surface area contributed by atoms with E-state index in [-0.39, 0.29) is 0 Å². The highest BCUT2D eigenvalue weighted by Gasteiger charge is 2.26. The van der Waals surface area contributed by atoms with Crippen molar-refractivity contribution in [3.05, 3.63) is 29.8 Å². The molecule has 0 fully saturated rings. The zero-order valence-corrected chi connectivity index (χ0v) is 7.99. The molecule has 0 saturated carbocycles. The smallest absolute Gasteiger partial charge is 0.376 e. The average Bonchev–Trinajstić information content (AvgIpc) is 2.14. The SMILES string of the molecule is FC(F)(F)CNc1cccc(CCl)c1. The Labute approximate surface area is 84.9 Å². The van der Waals surface area contributed by atoms with Crippen LogP contribution in [0, 0.1) is 0 Å². The first kappa shape index (κ1) is 11.2. The minimum atomic E-state index is -4.20. The van der Waals surface area contributed by atoms with Crippen molar-refractivity contribution >= 4 is 17.3 Å². The molecule has 0 atom stereocenters. The number of anilines is 1. The number of alkyl halides is 4. The van der Waals surface area contributed by atoms with Crippen molar-refractivity contribution in [3.8, 4) is 0 Å². The van der Waals surface area contributed by atoms with E-state index in [1.54, 1.807) is 24.3 Å². The first-order valence-electron chi connectivity index (χ1n) is 3.97. The van der Waals surface area contributed by atoms with Crippen LogP contribution < -0.4 is 5.32 Å². The molecule has 78 valence electrons. The Kier molecular flexibility index (Phi) is 3.63. The van der Waals surface area contributed by atoms with Gasteiger partial charge in [-0.2, -0.15) is 13.2 Å². The molecule has 0 saturated heterocycles. The van der Waals surface area contributed by atoms with Crippen LogP contribution in [0.1, 0.15) is 5.56 Å². The van der Waals surface area contributed by atoms with Crippen LogP contribution in [-0.2, 0) is 5.88 Å². The van der Waals surface area contributed by atoms with Crippen LogP contribution in [0.5, 0.6) is 0 Å². The van der Waals surface area contributed by atoms with Gasteiger partial charge in [0.15, 0.2) is 0 Å². The van der Waals surface area contributed by atoms with Crippen molar-refractivity contribution in [2.75, 3.05) is 11.9 Å². The molecule has 0 unspecified atom stereocenters. The van der Waals surface area contributed by atoms with E-state index < -0.39 is 12.7 Å². The fourth-order valence-corrected chi connectivity index (χ4v) is 1.13. The van der Waals surface area contributed by atoms with Gasteiger partial charge in [-0.15, -0.1) is 11.6 Å². The molecule has 0 aliphatic heterocycles. The monoisotopic (exact) mass is 223 g/mol. The maximum Gasteiger partial charge on any atom is 0.405 e. The summed E-state index contributed by atoms with van der Waals surface area (Å²) in [4.78, 5) is 0. The Morgan fingerprint density at radius 1 is 1.29 bits per heavy atom. The van der Waals surface area contributed by atoms with Gasteiger partial charge in [-0.25, -0.2) is 0 Å². The van der Waals surface area contributed by atoms with Gasteiger partial charge in [-0.3, -0.25) is 0 Å². The molecule has 0 radical (unpaired) electrons. The lowest BCUT2D eigenvalue weighted by Crippen LogP contribution is -2.21. The lowest BCUT2D eigenvalue weighted by atomic mass is 10.2. The van der Waals surface area contributed by atoms with E-state index >= 15 is 0 Å². The summed E-state index contributed by atoms with van der Waals surface area (Å²) in [6.07, 6.45) is -4.20. The predicted octanol–water partition coefficient (Wildman–Crippen LogP) is 3.40. The van der Waals surface area contributed by atoms with Crippen LogP contribution in [0.4, 0.5) is 18.9 Å². The van der Waals surface area contributed by atoms with Crippen molar-refractivity contribution < 1.29 is 13.2 Å². The number of benzene rings is 1. The van der Waals surface area contributed by atoms with Gasteiger partial charge >= 0.3 is 6.18 Å². The lowest BCUT2D eigenvalue weighted by molar-refractivity contribution is -0.115. The van der Waals surface area contributed by atoms with Gasteiger partial charge in [0.2, 0.25) is 0 Å². The largest absolute Gasteiger partial charge is 0.405 e. The van der Waals surface area contributed by atoms with Gasteiger partial charge in [0.1, 0.15) is 6.54 Å². The molecule has 1 nitrogen and oxygen atoms in total. The predicted molar refractivity (Wildman–Crippen MR) is 50.5 cm³/mol. The normalized spacial score (nSPS) is 11.4. The first-order valence-corrected chi connectivity index (χ1v) is 4.50. The van der Waals surface area contributed by atoms with Gasteiger partial charge in [0, 0.05) is 11.6 Å². The molecule has 0 spiro atoms. The Morgan fingerprint density at radius 3 is 2.57 bits per heavy atom. The number of rotatable bonds is 3. The van der Waals surface area contributed by atoms with Gasteiger partial charge in [-0.1, -0.05) is 12.1 Å². The molecule has 1 aromatic rings. The Balaban J connectivity index is 2.59. The number of hydrogen-bond donors (Lipinski definition) is 1. The zero-order chi connectivity index (χ0) is 10.6. The van der Waals surface area contributed by atoms with Crippen molar-refractivity contribution in [3.63, 3.8) is 0 Å². The number of nitrogens with one attached hydrogen (secondary N) is 1. The van der Waals surface area contributed by atoms with E-state index in [0.29, 0.717) is 11.6 Å². The fraction of sp³-hybridized carbons (Fsp3) is 0.333. The molecule has 1 N–H and O–H groups in total. The molecule has 14 heavy (non-hydrogen) atoms. The van der Waals surface area contributed by atoms with E-state index in [4.69, 9.17) is 11.6 Å². The number of halogens is 4. The van der Waals surface area contributed by atoms with Crippen LogP contribution in [0.25, 0.3) is 0 Å². The first-order chi connectivity index (χ1) is 6.51. The van der Waals surface area contributed by atoms with Crippen molar-refractivity contribution in [2.24, 2.45) is 0 Å². The standard InChI is InChI=1S/C9H9ClF3N/c10-5-7-2-1-3-8(4-7)14-6-9(11,12)13/h1-4,14H,5-6H2. The molecule has 0 bridgehead atoms. The van der Waals surface area contributed by atoms with Crippen molar-refractivity contribution in [1.82, 2.24) is 0 Å². The number of hydrogen-bond acceptors (Lipinski definition) is 1. The third kappa shape index (κ3) is 3.87. The average molecular weight is 224 g/mol. The Hall–Kier alpha value is -0.900. The summed E-state index contributed by atoms with van der Waals surface area (Å²) in [5.41, 5.74) is 1.22. The highest BCUT2D eigenvalue weighted by Crippen LogP contribution is 2.17. The van der Waals surface area contributed by atoms with Crippen LogP contribution in [0.3, 0.4) is 0 Å². The molecule has 5 heteroatoms. The molecule has 1 aromatic carbocycles. The highest BCUT2D eigenvalue weighted by molar-refractivity contribution is 6.17. The maximum atomic E-state index is 11.8.